The van der Waals surface area contributed by atoms with Crippen LogP contribution < -0.4 is 5.32 Å². The van der Waals surface area contributed by atoms with Gasteiger partial charge in [0, 0.05) is 42.8 Å². The maximum absolute atomic E-state index is 4.55. The van der Waals surface area contributed by atoms with Crippen molar-refractivity contribution in [3.8, 4) is 11.3 Å². The molecule has 0 aliphatic heterocycles. The van der Waals surface area contributed by atoms with E-state index in [1.54, 1.807) is 6.20 Å². The first-order chi connectivity index (χ1) is 10.2. The molecule has 0 unspecified atom stereocenters. The number of rotatable bonds is 4. The van der Waals surface area contributed by atoms with Crippen molar-refractivity contribution in [1.29, 1.82) is 0 Å². The van der Waals surface area contributed by atoms with Crippen molar-refractivity contribution in [3.63, 3.8) is 0 Å². The van der Waals surface area contributed by atoms with E-state index in [4.69, 9.17) is 0 Å². The van der Waals surface area contributed by atoms with E-state index in [-0.39, 0.29) is 0 Å². The Labute approximate surface area is 123 Å². The van der Waals surface area contributed by atoms with Gasteiger partial charge in [-0.25, -0.2) is 9.97 Å². The van der Waals surface area contributed by atoms with Crippen LogP contribution in [0.15, 0.2) is 48.8 Å². The smallest absolute Gasteiger partial charge is 0.223 e. The van der Waals surface area contributed by atoms with Crippen LogP contribution in [0.4, 0.5) is 5.95 Å². The molecule has 2 heterocycles. The lowest BCUT2D eigenvalue weighted by Gasteiger charge is -2.05. The second kappa shape index (κ2) is 5.75. The van der Waals surface area contributed by atoms with Gasteiger partial charge in [-0.1, -0.05) is 30.3 Å². The van der Waals surface area contributed by atoms with Gasteiger partial charge in [0.15, 0.2) is 0 Å². The van der Waals surface area contributed by atoms with Gasteiger partial charge in [0.2, 0.25) is 5.95 Å². The Hall–Kier alpha value is -2.69. The Morgan fingerprint density at radius 2 is 1.95 bits per heavy atom. The zero-order valence-corrected chi connectivity index (χ0v) is 12.1. The van der Waals surface area contributed by atoms with Gasteiger partial charge in [-0.05, 0) is 13.0 Å². The predicted molar refractivity (Wildman–Crippen MR) is 82.7 cm³/mol. The minimum absolute atomic E-state index is 0.637. The van der Waals surface area contributed by atoms with E-state index in [1.807, 2.05) is 49.1 Å². The Morgan fingerprint density at radius 1 is 1.14 bits per heavy atom. The summed E-state index contributed by atoms with van der Waals surface area (Å²) < 4.78 is 1.83. The maximum atomic E-state index is 4.55. The third kappa shape index (κ3) is 3.08. The van der Waals surface area contributed by atoms with Gasteiger partial charge < -0.3 is 5.32 Å². The molecule has 3 rings (SSSR count). The normalized spacial score (nSPS) is 10.6. The summed E-state index contributed by atoms with van der Waals surface area (Å²) >= 11 is 0. The van der Waals surface area contributed by atoms with Crippen LogP contribution >= 0.6 is 0 Å². The van der Waals surface area contributed by atoms with Crippen LogP contribution in [0.1, 0.15) is 11.3 Å². The highest BCUT2D eigenvalue weighted by Crippen LogP contribution is 2.22. The third-order valence-corrected chi connectivity index (χ3v) is 3.18. The molecule has 0 spiro atoms. The third-order valence-electron chi connectivity index (χ3n) is 3.18. The predicted octanol–water partition coefficient (Wildman–Crippen LogP) is 2.80. The van der Waals surface area contributed by atoms with E-state index < -0.39 is 0 Å². The molecule has 5 heteroatoms. The SMILES string of the molecule is Cc1ccnc(NCc2cn(C)nc2-c2ccccc2)n1. The lowest BCUT2D eigenvalue weighted by molar-refractivity contribution is 0.770. The molecule has 5 nitrogen and oxygen atoms in total. The molecule has 2 aromatic heterocycles. The van der Waals surface area contributed by atoms with Crippen molar-refractivity contribution in [2.45, 2.75) is 13.5 Å². The van der Waals surface area contributed by atoms with Crippen LogP contribution in [0.2, 0.25) is 0 Å². The Morgan fingerprint density at radius 3 is 2.71 bits per heavy atom. The van der Waals surface area contributed by atoms with Gasteiger partial charge in [-0.15, -0.1) is 0 Å². The standard InChI is InChI=1S/C16H17N5/c1-12-8-9-17-16(19-12)18-10-14-11-21(2)20-15(14)13-6-4-3-5-7-13/h3-9,11H,10H2,1-2H3,(H,17,18,19). The summed E-state index contributed by atoms with van der Waals surface area (Å²) in [5.41, 5.74) is 4.16. The fraction of sp³-hybridized carbons (Fsp3) is 0.188. The van der Waals surface area contributed by atoms with E-state index in [2.05, 4.69) is 32.5 Å². The summed E-state index contributed by atoms with van der Waals surface area (Å²) in [6, 6.07) is 12.1. The minimum Gasteiger partial charge on any atom is -0.350 e. The summed E-state index contributed by atoms with van der Waals surface area (Å²) in [5.74, 6) is 0.637. The topological polar surface area (TPSA) is 55.6 Å². The van der Waals surface area contributed by atoms with Crippen LogP contribution in [-0.4, -0.2) is 19.7 Å². The van der Waals surface area contributed by atoms with Gasteiger partial charge in [-0.3, -0.25) is 4.68 Å². The number of benzene rings is 1. The number of hydrogen-bond donors (Lipinski definition) is 1. The molecule has 0 aliphatic rings. The Balaban J connectivity index is 1.83. The first kappa shape index (κ1) is 13.3. The zero-order chi connectivity index (χ0) is 14.7. The summed E-state index contributed by atoms with van der Waals surface area (Å²) in [4.78, 5) is 8.56. The van der Waals surface area contributed by atoms with Crippen LogP contribution in [0.25, 0.3) is 11.3 Å². The molecule has 0 radical (unpaired) electrons. The van der Waals surface area contributed by atoms with E-state index in [0.717, 1.165) is 22.5 Å². The van der Waals surface area contributed by atoms with Crippen molar-refractivity contribution >= 4 is 5.95 Å². The van der Waals surface area contributed by atoms with Crippen LogP contribution in [0.3, 0.4) is 0 Å². The molecule has 21 heavy (non-hydrogen) atoms. The second-order valence-corrected chi connectivity index (χ2v) is 4.92. The van der Waals surface area contributed by atoms with Crippen LogP contribution in [0.5, 0.6) is 0 Å². The van der Waals surface area contributed by atoms with Crippen molar-refractivity contribution in [2.75, 3.05) is 5.32 Å². The number of hydrogen-bond acceptors (Lipinski definition) is 4. The maximum Gasteiger partial charge on any atom is 0.223 e. The summed E-state index contributed by atoms with van der Waals surface area (Å²) in [6.07, 6.45) is 3.77. The fourth-order valence-corrected chi connectivity index (χ4v) is 2.21. The molecule has 1 N–H and O–H groups in total. The van der Waals surface area contributed by atoms with Gasteiger partial charge in [0.25, 0.3) is 0 Å². The molecule has 1 aromatic carbocycles. The van der Waals surface area contributed by atoms with E-state index in [1.165, 1.54) is 0 Å². The molecule has 0 fully saturated rings. The van der Waals surface area contributed by atoms with Crippen molar-refractivity contribution in [3.05, 3.63) is 60.0 Å². The number of anilines is 1. The molecular weight excluding hydrogens is 262 g/mol. The van der Waals surface area contributed by atoms with Crippen molar-refractivity contribution in [2.24, 2.45) is 7.05 Å². The van der Waals surface area contributed by atoms with Crippen LogP contribution in [-0.2, 0) is 13.6 Å². The molecule has 0 amide bonds. The van der Waals surface area contributed by atoms with Gasteiger partial charge in [-0.2, -0.15) is 5.10 Å². The van der Waals surface area contributed by atoms with Crippen LogP contribution in [0, 0.1) is 6.92 Å². The number of aromatic nitrogens is 4. The Kier molecular flexibility index (Phi) is 3.64. The fourth-order valence-electron chi connectivity index (χ4n) is 2.21. The van der Waals surface area contributed by atoms with Gasteiger partial charge >= 0.3 is 0 Å². The molecule has 106 valence electrons. The summed E-state index contributed by atoms with van der Waals surface area (Å²) in [5, 5.41) is 7.80. The number of aryl methyl sites for hydroxylation is 2. The molecule has 0 aliphatic carbocycles. The molecule has 0 bridgehead atoms. The lowest BCUT2D eigenvalue weighted by atomic mass is 10.1. The van der Waals surface area contributed by atoms with Gasteiger partial charge in [0.1, 0.15) is 0 Å². The summed E-state index contributed by atoms with van der Waals surface area (Å²) in [7, 11) is 1.93. The van der Waals surface area contributed by atoms with E-state index >= 15 is 0 Å². The van der Waals surface area contributed by atoms with E-state index in [9.17, 15) is 0 Å². The average molecular weight is 279 g/mol. The number of nitrogens with one attached hydrogen (secondary N) is 1. The highest BCUT2D eigenvalue weighted by atomic mass is 15.3. The first-order valence-electron chi connectivity index (χ1n) is 6.84. The zero-order valence-electron chi connectivity index (χ0n) is 12.1. The molecule has 0 saturated heterocycles. The summed E-state index contributed by atoms with van der Waals surface area (Å²) in [6.45, 7) is 2.59. The molecule has 0 atom stereocenters. The van der Waals surface area contributed by atoms with Gasteiger partial charge in [0.05, 0.1) is 5.69 Å². The minimum atomic E-state index is 0.637. The quantitative estimate of drug-likeness (QED) is 0.798. The first-order valence-corrected chi connectivity index (χ1v) is 6.84. The molecule has 3 aromatic rings. The Bertz CT molecular complexity index is 733. The van der Waals surface area contributed by atoms with Crippen molar-refractivity contribution < 1.29 is 0 Å². The highest BCUT2D eigenvalue weighted by molar-refractivity contribution is 5.62. The monoisotopic (exact) mass is 279 g/mol. The highest BCUT2D eigenvalue weighted by Gasteiger charge is 2.10. The largest absolute Gasteiger partial charge is 0.350 e. The average Bonchev–Trinajstić information content (AvgIpc) is 2.87. The number of nitrogens with zero attached hydrogens (tertiary/aromatic N) is 4. The lowest BCUT2D eigenvalue weighted by Crippen LogP contribution is -2.04. The second-order valence-electron chi connectivity index (χ2n) is 4.92. The van der Waals surface area contributed by atoms with E-state index in [0.29, 0.717) is 12.5 Å². The van der Waals surface area contributed by atoms with Crippen molar-refractivity contribution in [1.82, 2.24) is 19.7 Å². The molecular formula is C16H17N5. The molecule has 0 saturated carbocycles.